The van der Waals surface area contributed by atoms with Crippen LogP contribution in [0.3, 0.4) is 0 Å². The molecule has 0 atom stereocenters. The van der Waals surface area contributed by atoms with Gasteiger partial charge in [-0.2, -0.15) is 4.31 Å². The van der Waals surface area contributed by atoms with Gasteiger partial charge in [0.05, 0.1) is 24.2 Å². The molecule has 1 amide bonds. The lowest BCUT2D eigenvalue weighted by Gasteiger charge is -2.22. The Kier molecular flexibility index (Phi) is 7.48. The summed E-state index contributed by atoms with van der Waals surface area (Å²) in [5.41, 5.74) is 2.20. The van der Waals surface area contributed by atoms with Gasteiger partial charge < -0.3 is 10.1 Å². The van der Waals surface area contributed by atoms with Gasteiger partial charge in [0.25, 0.3) is 0 Å². The first kappa shape index (κ1) is 23.0. The molecule has 0 unspecified atom stereocenters. The summed E-state index contributed by atoms with van der Waals surface area (Å²) in [5.74, 6) is 0.0361. The second-order valence-electron chi connectivity index (χ2n) is 6.96. The predicted molar refractivity (Wildman–Crippen MR) is 125 cm³/mol. The highest BCUT2D eigenvalue weighted by Crippen LogP contribution is 2.24. The second-order valence-corrected chi connectivity index (χ2v) is 9.81. The third kappa shape index (κ3) is 5.94. The first-order valence-electron chi connectivity index (χ1n) is 9.54. The Morgan fingerprint density at radius 3 is 2.29 bits per heavy atom. The molecule has 1 N–H and O–H groups in total. The van der Waals surface area contributed by atoms with Gasteiger partial charge in [0.1, 0.15) is 5.75 Å². The minimum absolute atomic E-state index is 0.0584. The van der Waals surface area contributed by atoms with Crippen molar-refractivity contribution in [2.75, 3.05) is 19.0 Å². The van der Waals surface area contributed by atoms with E-state index in [1.165, 1.54) is 11.4 Å². The highest BCUT2D eigenvalue weighted by molar-refractivity contribution is 9.10. The molecule has 0 saturated heterocycles. The number of rotatable bonds is 8. The zero-order chi connectivity index (χ0) is 22.4. The number of hydrogen-bond donors (Lipinski definition) is 1. The number of anilines is 1. The van der Waals surface area contributed by atoms with E-state index < -0.39 is 15.9 Å². The van der Waals surface area contributed by atoms with Crippen molar-refractivity contribution in [3.05, 3.63) is 88.4 Å². The van der Waals surface area contributed by atoms with Crippen LogP contribution in [-0.2, 0) is 21.4 Å². The molecule has 0 bridgehead atoms. The number of amides is 1. The van der Waals surface area contributed by atoms with Gasteiger partial charge >= 0.3 is 0 Å². The summed E-state index contributed by atoms with van der Waals surface area (Å²) in [5, 5.41) is 2.74. The Labute approximate surface area is 191 Å². The van der Waals surface area contributed by atoms with Crippen LogP contribution in [0.15, 0.2) is 82.2 Å². The van der Waals surface area contributed by atoms with Gasteiger partial charge in [0, 0.05) is 11.0 Å². The fourth-order valence-corrected chi connectivity index (χ4v) is 4.63. The Balaban J connectivity index is 1.88. The first-order chi connectivity index (χ1) is 14.8. The van der Waals surface area contributed by atoms with Crippen molar-refractivity contribution in [3.8, 4) is 5.75 Å². The number of nitrogens with zero attached hydrogens (tertiary/aromatic N) is 1. The lowest BCUT2D eigenvalue weighted by Crippen LogP contribution is -2.37. The summed E-state index contributed by atoms with van der Waals surface area (Å²) in [7, 11) is -2.39. The van der Waals surface area contributed by atoms with E-state index in [9.17, 15) is 13.2 Å². The molecule has 0 aliphatic heterocycles. The standard InChI is InChI=1S/C23H23BrN2O4S/c1-17-7-13-20(14-8-17)31(28,29)26(15-18-9-11-19(24)12-10-18)16-23(27)25-21-5-3-4-6-22(21)30-2/h3-14H,15-16H2,1-2H3,(H,25,27). The Morgan fingerprint density at radius 1 is 1.00 bits per heavy atom. The maximum Gasteiger partial charge on any atom is 0.243 e. The summed E-state index contributed by atoms with van der Waals surface area (Å²) >= 11 is 3.38. The average molecular weight is 503 g/mol. The van der Waals surface area contributed by atoms with Crippen LogP contribution in [0, 0.1) is 6.92 Å². The van der Waals surface area contributed by atoms with Crippen molar-refractivity contribution >= 4 is 37.5 Å². The van der Waals surface area contributed by atoms with Gasteiger partial charge in [-0.1, -0.05) is 57.9 Å². The number of hydrogen-bond acceptors (Lipinski definition) is 4. The maximum absolute atomic E-state index is 13.3. The first-order valence-corrected chi connectivity index (χ1v) is 11.8. The number of para-hydroxylation sites is 2. The number of carbonyl (C=O) groups excluding carboxylic acids is 1. The molecule has 6 nitrogen and oxygen atoms in total. The van der Waals surface area contributed by atoms with Crippen LogP contribution in [0.4, 0.5) is 5.69 Å². The van der Waals surface area contributed by atoms with E-state index in [-0.39, 0.29) is 18.0 Å². The number of nitrogens with one attached hydrogen (secondary N) is 1. The summed E-state index contributed by atoms with van der Waals surface area (Å²) in [6.07, 6.45) is 0. The van der Waals surface area contributed by atoms with Crippen molar-refractivity contribution in [2.45, 2.75) is 18.4 Å². The fourth-order valence-electron chi connectivity index (χ4n) is 2.98. The number of ether oxygens (including phenoxy) is 1. The van der Waals surface area contributed by atoms with Crippen LogP contribution in [0.1, 0.15) is 11.1 Å². The van der Waals surface area contributed by atoms with Crippen molar-refractivity contribution in [1.29, 1.82) is 0 Å². The zero-order valence-corrected chi connectivity index (χ0v) is 19.6. The van der Waals surface area contributed by atoms with Crippen LogP contribution in [0.5, 0.6) is 5.75 Å². The number of aryl methyl sites for hydroxylation is 1. The van der Waals surface area contributed by atoms with E-state index in [4.69, 9.17) is 4.74 Å². The molecular formula is C23H23BrN2O4S. The van der Waals surface area contributed by atoms with E-state index in [2.05, 4.69) is 21.2 Å². The molecule has 0 fully saturated rings. The third-order valence-electron chi connectivity index (χ3n) is 4.63. The minimum Gasteiger partial charge on any atom is -0.495 e. The number of methoxy groups -OCH3 is 1. The average Bonchev–Trinajstić information content (AvgIpc) is 2.75. The number of carbonyl (C=O) groups is 1. The Bertz CT molecular complexity index is 1150. The van der Waals surface area contributed by atoms with Gasteiger partial charge in [0.15, 0.2) is 0 Å². The Hall–Kier alpha value is -2.68. The molecule has 0 aliphatic rings. The summed E-state index contributed by atoms with van der Waals surface area (Å²) < 4.78 is 34.0. The molecule has 0 heterocycles. The van der Waals surface area contributed by atoms with Crippen LogP contribution in [-0.4, -0.2) is 32.3 Å². The van der Waals surface area contributed by atoms with Crippen molar-refractivity contribution < 1.29 is 17.9 Å². The molecule has 8 heteroatoms. The van der Waals surface area contributed by atoms with Crippen LogP contribution >= 0.6 is 15.9 Å². The smallest absolute Gasteiger partial charge is 0.243 e. The van der Waals surface area contributed by atoms with E-state index in [1.807, 2.05) is 31.2 Å². The monoisotopic (exact) mass is 502 g/mol. The molecule has 0 spiro atoms. The highest BCUT2D eigenvalue weighted by atomic mass is 79.9. The summed E-state index contributed by atoms with van der Waals surface area (Å²) in [4.78, 5) is 12.9. The maximum atomic E-state index is 13.3. The quantitative estimate of drug-likeness (QED) is 0.488. The largest absolute Gasteiger partial charge is 0.495 e. The van der Waals surface area contributed by atoms with Crippen LogP contribution in [0.2, 0.25) is 0 Å². The molecule has 162 valence electrons. The lowest BCUT2D eigenvalue weighted by molar-refractivity contribution is -0.116. The summed E-state index contributed by atoms with van der Waals surface area (Å²) in [6.45, 7) is 1.60. The van der Waals surface area contributed by atoms with Crippen molar-refractivity contribution in [1.82, 2.24) is 4.31 Å². The SMILES string of the molecule is COc1ccccc1NC(=O)CN(Cc1ccc(Br)cc1)S(=O)(=O)c1ccc(C)cc1. The molecule has 3 aromatic carbocycles. The topological polar surface area (TPSA) is 75.7 Å². The van der Waals surface area contributed by atoms with E-state index in [0.717, 1.165) is 15.6 Å². The van der Waals surface area contributed by atoms with E-state index in [0.29, 0.717) is 11.4 Å². The number of benzene rings is 3. The third-order valence-corrected chi connectivity index (χ3v) is 6.97. The molecule has 3 aromatic rings. The normalized spacial score (nSPS) is 11.4. The summed E-state index contributed by atoms with van der Waals surface area (Å²) in [6, 6.07) is 20.9. The van der Waals surface area contributed by atoms with Crippen molar-refractivity contribution in [3.63, 3.8) is 0 Å². The van der Waals surface area contributed by atoms with Gasteiger partial charge in [-0.25, -0.2) is 8.42 Å². The zero-order valence-electron chi connectivity index (χ0n) is 17.2. The van der Waals surface area contributed by atoms with Gasteiger partial charge in [-0.3, -0.25) is 4.79 Å². The Morgan fingerprint density at radius 2 is 1.65 bits per heavy atom. The van der Waals surface area contributed by atoms with Gasteiger partial charge in [0.2, 0.25) is 15.9 Å². The fraction of sp³-hybridized carbons (Fsp3) is 0.174. The molecule has 3 rings (SSSR count). The molecule has 0 aliphatic carbocycles. The molecule has 0 radical (unpaired) electrons. The number of sulfonamides is 1. The molecular weight excluding hydrogens is 480 g/mol. The van der Waals surface area contributed by atoms with Gasteiger partial charge in [-0.15, -0.1) is 0 Å². The molecule has 0 aromatic heterocycles. The van der Waals surface area contributed by atoms with Crippen LogP contribution < -0.4 is 10.1 Å². The highest BCUT2D eigenvalue weighted by Gasteiger charge is 2.27. The molecule has 31 heavy (non-hydrogen) atoms. The lowest BCUT2D eigenvalue weighted by atomic mass is 10.2. The van der Waals surface area contributed by atoms with E-state index in [1.54, 1.807) is 48.5 Å². The van der Waals surface area contributed by atoms with Crippen LogP contribution in [0.25, 0.3) is 0 Å². The number of halogens is 1. The van der Waals surface area contributed by atoms with Gasteiger partial charge in [-0.05, 0) is 48.9 Å². The second kappa shape index (κ2) is 10.1. The minimum atomic E-state index is -3.90. The molecule has 0 saturated carbocycles. The van der Waals surface area contributed by atoms with Crippen molar-refractivity contribution in [2.24, 2.45) is 0 Å². The predicted octanol–water partition coefficient (Wildman–Crippen LogP) is 4.60. The van der Waals surface area contributed by atoms with E-state index >= 15 is 0 Å².